The first-order chi connectivity index (χ1) is 13.2. The zero-order chi connectivity index (χ0) is 20.8. The van der Waals surface area contributed by atoms with Gasteiger partial charge in [0, 0.05) is 16.7 Å². The summed E-state index contributed by atoms with van der Waals surface area (Å²) < 4.78 is 10.2. The van der Waals surface area contributed by atoms with Crippen LogP contribution in [0, 0.1) is 0 Å². The Morgan fingerprint density at radius 3 is 1.96 bits per heavy atom. The van der Waals surface area contributed by atoms with Crippen molar-refractivity contribution in [1.82, 2.24) is 0 Å². The molecule has 6 nitrogen and oxygen atoms in total. The normalized spacial score (nSPS) is 10.5. The molecule has 0 amide bonds. The van der Waals surface area contributed by atoms with Gasteiger partial charge in [0.15, 0.2) is 11.5 Å². The highest BCUT2D eigenvalue weighted by atomic mass is 16.6. The van der Waals surface area contributed by atoms with Crippen molar-refractivity contribution in [2.75, 3.05) is 0 Å². The van der Waals surface area contributed by atoms with Crippen LogP contribution in [0.2, 0.25) is 0 Å². The maximum atomic E-state index is 12.0. The number of aromatic hydroxyl groups is 2. The Bertz CT molecular complexity index is 970. The third-order valence-corrected chi connectivity index (χ3v) is 3.56. The van der Waals surface area contributed by atoms with E-state index in [9.17, 15) is 19.8 Å². The predicted octanol–water partition coefficient (Wildman–Crippen LogP) is 4.23. The minimum absolute atomic E-state index is 0.0623. The van der Waals surface area contributed by atoms with Gasteiger partial charge in [-0.15, -0.1) is 0 Å². The second-order valence-electron chi connectivity index (χ2n) is 6.08. The van der Waals surface area contributed by atoms with Crippen molar-refractivity contribution in [2.45, 2.75) is 13.8 Å². The van der Waals surface area contributed by atoms with E-state index in [4.69, 9.17) is 9.47 Å². The second-order valence-corrected chi connectivity index (χ2v) is 6.08. The Kier molecular flexibility index (Phi) is 6.39. The molecule has 0 aromatic heterocycles. The summed E-state index contributed by atoms with van der Waals surface area (Å²) >= 11 is 0. The minimum atomic E-state index is -0.852. The fourth-order valence-corrected chi connectivity index (χ4v) is 2.08. The molecule has 0 atom stereocenters. The molecule has 0 heterocycles. The van der Waals surface area contributed by atoms with Crippen LogP contribution >= 0.6 is 0 Å². The van der Waals surface area contributed by atoms with Crippen LogP contribution in [0.5, 0.6) is 23.0 Å². The van der Waals surface area contributed by atoms with E-state index < -0.39 is 29.2 Å². The van der Waals surface area contributed by atoms with Gasteiger partial charge in [0.25, 0.3) is 0 Å². The first-order valence-electron chi connectivity index (χ1n) is 8.28. The summed E-state index contributed by atoms with van der Waals surface area (Å²) in [4.78, 5) is 23.8. The summed E-state index contributed by atoms with van der Waals surface area (Å²) in [5, 5.41) is 20.7. The average molecular weight is 380 g/mol. The SMILES string of the molecule is C=C(C)C(=O)Oc1c(O)cc(/C=C/c2ccccc2)c(OC(=O)C(=C)C)c1O. The quantitative estimate of drug-likeness (QED) is 0.337. The van der Waals surface area contributed by atoms with Gasteiger partial charge in [-0.05, 0) is 25.5 Å². The minimum Gasteiger partial charge on any atom is -0.504 e. The summed E-state index contributed by atoms with van der Waals surface area (Å²) in [6.45, 7) is 9.79. The van der Waals surface area contributed by atoms with Crippen LogP contribution in [0.4, 0.5) is 0 Å². The summed E-state index contributed by atoms with van der Waals surface area (Å²) in [7, 11) is 0. The molecule has 0 saturated heterocycles. The zero-order valence-corrected chi connectivity index (χ0v) is 15.6. The van der Waals surface area contributed by atoms with Crippen molar-refractivity contribution in [3.05, 3.63) is 71.8 Å². The van der Waals surface area contributed by atoms with Crippen LogP contribution in [0.15, 0.2) is 60.7 Å². The number of esters is 2. The molecule has 2 aromatic carbocycles. The topological polar surface area (TPSA) is 93.1 Å². The van der Waals surface area contributed by atoms with Crippen LogP contribution in [0.3, 0.4) is 0 Å². The highest BCUT2D eigenvalue weighted by Crippen LogP contribution is 2.46. The van der Waals surface area contributed by atoms with Crippen molar-refractivity contribution in [3.63, 3.8) is 0 Å². The molecule has 0 bridgehead atoms. The number of rotatable bonds is 6. The Balaban J connectivity index is 2.55. The third-order valence-electron chi connectivity index (χ3n) is 3.56. The highest BCUT2D eigenvalue weighted by molar-refractivity contribution is 5.92. The lowest BCUT2D eigenvalue weighted by Gasteiger charge is -2.14. The molecule has 28 heavy (non-hydrogen) atoms. The van der Waals surface area contributed by atoms with Gasteiger partial charge in [0.05, 0.1) is 0 Å². The van der Waals surface area contributed by atoms with E-state index in [1.807, 2.05) is 30.3 Å². The van der Waals surface area contributed by atoms with Gasteiger partial charge in [-0.1, -0.05) is 55.6 Å². The maximum absolute atomic E-state index is 12.0. The van der Waals surface area contributed by atoms with E-state index in [1.54, 1.807) is 12.2 Å². The molecule has 6 heteroatoms. The number of phenolic OH excluding ortho intramolecular Hbond substituents is 2. The summed E-state index contributed by atoms with van der Waals surface area (Å²) in [5.74, 6) is -3.65. The van der Waals surface area contributed by atoms with E-state index in [0.29, 0.717) is 0 Å². The van der Waals surface area contributed by atoms with Gasteiger partial charge in [-0.25, -0.2) is 9.59 Å². The molecular formula is C22H20O6. The molecule has 0 aliphatic rings. The standard InChI is InChI=1S/C22H20O6/c1-13(2)21(25)27-19-16(11-10-15-8-6-5-7-9-15)12-17(23)20(18(19)24)28-22(26)14(3)4/h5-12,23-24H,1,3H2,2,4H3/b11-10+. The molecule has 2 N–H and O–H groups in total. The molecule has 2 aromatic rings. The van der Waals surface area contributed by atoms with E-state index in [0.717, 1.165) is 5.56 Å². The van der Waals surface area contributed by atoms with Crippen LogP contribution in [-0.4, -0.2) is 22.2 Å². The maximum Gasteiger partial charge on any atom is 0.338 e. The predicted molar refractivity (Wildman–Crippen MR) is 106 cm³/mol. The van der Waals surface area contributed by atoms with Crippen LogP contribution in [0.25, 0.3) is 12.2 Å². The van der Waals surface area contributed by atoms with Gasteiger partial charge in [-0.2, -0.15) is 0 Å². The molecule has 144 valence electrons. The van der Waals surface area contributed by atoms with Crippen molar-refractivity contribution in [1.29, 1.82) is 0 Å². The van der Waals surface area contributed by atoms with Crippen molar-refractivity contribution < 1.29 is 29.3 Å². The van der Waals surface area contributed by atoms with Crippen molar-refractivity contribution in [3.8, 4) is 23.0 Å². The lowest BCUT2D eigenvalue weighted by Crippen LogP contribution is -2.11. The summed E-state index contributed by atoms with van der Waals surface area (Å²) in [5.41, 5.74) is 1.21. The fourth-order valence-electron chi connectivity index (χ4n) is 2.08. The molecular weight excluding hydrogens is 360 g/mol. The number of benzene rings is 2. The van der Waals surface area contributed by atoms with Gasteiger partial charge < -0.3 is 19.7 Å². The van der Waals surface area contributed by atoms with E-state index >= 15 is 0 Å². The molecule has 0 fully saturated rings. The first-order valence-corrected chi connectivity index (χ1v) is 8.28. The van der Waals surface area contributed by atoms with Crippen LogP contribution in [-0.2, 0) is 9.59 Å². The van der Waals surface area contributed by atoms with Crippen LogP contribution < -0.4 is 9.47 Å². The molecule has 2 rings (SSSR count). The number of phenols is 2. The largest absolute Gasteiger partial charge is 0.504 e. The van der Waals surface area contributed by atoms with Gasteiger partial charge in [0.2, 0.25) is 11.5 Å². The Hall–Kier alpha value is -3.80. The number of carbonyl (C=O) groups excluding carboxylic acids is 2. The average Bonchev–Trinajstić information content (AvgIpc) is 2.66. The molecule has 0 aliphatic heterocycles. The van der Waals surface area contributed by atoms with Crippen molar-refractivity contribution >= 4 is 24.1 Å². The Morgan fingerprint density at radius 1 is 0.893 bits per heavy atom. The van der Waals surface area contributed by atoms with Gasteiger partial charge in [0.1, 0.15) is 0 Å². The Morgan fingerprint density at radius 2 is 1.43 bits per heavy atom. The molecule has 0 aliphatic carbocycles. The van der Waals surface area contributed by atoms with Gasteiger partial charge in [-0.3, -0.25) is 0 Å². The number of hydrogen-bond donors (Lipinski definition) is 2. The van der Waals surface area contributed by atoms with E-state index in [-0.39, 0.29) is 22.5 Å². The summed E-state index contributed by atoms with van der Waals surface area (Å²) in [6.07, 6.45) is 3.24. The number of ether oxygens (including phenoxy) is 2. The molecule has 0 radical (unpaired) electrons. The lowest BCUT2D eigenvalue weighted by molar-refractivity contribution is -0.130. The highest BCUT2D eigenvalue weighted by Gasteiger charge is 2.24. The molecule has 0 saturated carbocycles. The van der Waals surface area contributed by atoms with E-state index in [1.165, 1.54) is 19.9 Å². The third kappa shape index (κ3) is 4.88. The van der Waals surface area contributed by atoms with E-state index in [2.05, 4.69) is 13.2 Å². The summed E-state index contributed by atoms with van der Waals surface area (Å²) in [6, 6.07) is 10.5. The smallest absolute Gasteiger partial charge is 0.338 e. The van der Waals surface area contributed by atoms with Crippen LogP contribution in [0.1, 0.15) is 25.0 Å². The molecule has 0 unspecified atom stereocenters. The fraction of sp³-hybridized carbons (Fsp3) is 0.0909. The first kappa shape index (κ1) is 20.5. The molecule has 0 spiro atoms. The lowest BCUT2D eigenvalue weighted by atomic mass is 10.1. The van der Waals surface area contributed by atoms with Crippen molar-refractivity contribution in [2.24, 2.45) is 0 Å². The van der Waals surface area contributed by atoms with Gasteiger partial charge >= 0.3 is 11.9 Å². The second kappa shape index (κ2) is 8.73. The zero-order valence-electron chi connectivity index (χ0n) is 15.6. The Labute approximate surface area is 162 Å². The monoisotopic (exact) mass is 380 g/mol. The number of carbonyl (C=O) groups is 2. The number of hydrogen-bond acceptors (Lipinski definition) is 6.